The third-order valence-electron chi connectivity index (χ3n) is 7.43. The number of halogens is 14. The van der Waals surface area contributed by atoms with Gasteiger partial charge in [-0.15, -0.1) is 0 Å². The maximum Gasteiger partial charge on any atom is 0.422 e. The van der Waals surface area contributed by atoms with E-state index >= 15 is 0 Å². The van der Waals surface area contributed by atoms with Gasteiger partial charge in [-0.3, -0.25) is 4.48 Å². The molecule has 0 atom stereocenters. The molecule has 0 radical (unpaired) electrons. The van der Waals surface area contributed by atoms with Crippen molar-refractivity contribution in [3.05, 3.63) is 80.0 Å². The average molecular weight is 646 g/mol. The predicted octanol–water partition coefficient (Wildman–Crippen LogP) is 7.26. The van der Waals surface area contributed by atoms with Crippen LogP contribution in [0.4, 0.5) is 61.5 Å². The Kier molecular flexibility index (Phi) is 8.97. The molecule has 0 heterocycles. The molecule has 0 saturated heterocycles. The minimum atomic E-state index is -5.96. The summed E-state index contributed by atoms with van der Waals surface area (Å²) >= 11 is 0. The van der Waals surface area contributed by atoms with Crippen LogP contribution in [0.15, 0.2) is 16.7 Å². The van der Waals surface area contributed by atoms with Gasteiger partial charge in [-0.2, -0.15) is 31.6 Å². The molecule has 3 rings (SSSR count). The molecule has 44 heavy (non-hydrogen) atoms. The van der Waals surface area contributed by atoms with Gasteiger partial charge in [-0.05, 0) is 20.8 Å². The number of nitriles is 2. The zero-order valence-corrected chi connectivity index (χ0v) is 22.3. The summed E-state index contributed by atoms with van der Waals surface area (Å²) in [6.45, 7) is 1.59. The van der Waals surface area contributed by atoms with Crippen LogP contribution in [0.3, 0.4) is 0 Å². The van der Waals surface area contributed by atoms with E-state index in [0.29, 0.717) is 0 Å². The zero-order chi connectivity index (χ0) is 33.9. The Hall–Kier alpha value is -4.06. The van der Waals surface area contributed by atoms with E-state index in [-0.39, 0.29) is 25.3 Å². The Bertz CT molecular complexity index is 1640. The molecule has 1 aliphatic carbocycles. The third-order valence-corrected chi connectivity index (χ3v) is 7.43. The second kappa shape index (κ2) is 11.5. The molecule has 0 aliphatic heterocycles. The van der Waals surface area contributed by atoms with Crippen LogP contribution >= 0.6 is 0 Å². The first-order valence-corrected chi connectivity index (χ1v) is 12.3. The minimum Gasteiger partial charge on any atom is -0.292 e. The lowest BCUT2D eigenvalue weighted by molar-refractivity contribution is -0.881. The Morgan fingerprint density at radius 2 is 1.00 bits per heavy atom. The first kappa shape index (κ1) is 34.4. The number of allylic oxidation sites excluding steroid dienone is 3. The fourth-order valence-corrected chi connectivity index (χ4v) is 5.12. The Morgan fingerprint density at radius 1 is 0.636 bits per heavy atom. The molecule has 18 heteroatoms. The van der Waals surface area contributed by atoms with Crippen LogP contribution in [-0.4, -0.2) is 30.8 Å². The van der Waals surface area contributed by atoms with E-state index in [9.17, 15) is 72.0 Å². The van der Waals surface area contributed by atoms with Gasteiger partial charge in [0.25, 0.3) is 0 Å². The van der Waals surface area contributed by atoms with Gasteiger partial charge in [0.2, 0.25) is 0 Å². The van der Waals surface area contributed by atoms with Gasteiger partial charge in [0.1, 0.15) is 22.9 Å². The number of hydrogen-bond acceptors (Lipinski definition) is 2. The van der Waals surface area contributed by atoms with Crippen LogP contribution in [0.2, 0.25) is 0 Å². The number of likely N-dealkylation sites (N-methyl/N-ethyl adjacent to an activating group) is 1. The van der Waals surface area contributed by atoms with E-state index in [2.05, 4.69) is 0 Å². The summed E-state index contributed by atoms with van der Waals surface area (Å²) < 4.78 is 196. The van der Waals surface area contributed by atoms with Crippen LogP contribution in [0.25, 0.3) is 5.57 Å². The van der Waals surface area contributed by atoms with Crippen LogP contribution in [0.5, 0.6) is 0 Å². The summed E-state index contributed by atoms with van der Waals surface area (Å²) in [5.41, 5.74) is -13.5. The highest BCUT2D eigenvalue weighted by Gasteiger charge is 2.56. The van der Waals surface area contributed by atoms with Gasteiger partial charge >= 0.3 is 19.1 Å². The van der Waals surface area contributed by atoms with E-state index in [1.165, 1.54) is 26.7 Å². The maximum absolute atomic E-state index is 15.0. The molecular weight excluding hydrogens is 631 g/mol. The first-order chi connectivity index (χ1) is 20.2. The van der Waals surface area contributed by atoms with Crippen molar-refractivity contribution in [2.75, 3.05) is 19.6 Å². The molecule has 3 nitrogen and oxygen atoms in total. The van der Waals surface area contributed by atoms with Crippen molar-refractivity contribution in [2.45, 2.75) is 33.1 Å². The summed E-state index contributed by atoms with van der Waals surface area (Å²) in [7, 11) is 0. The first-order valence-electron chi connectivity index (χ1n) is 12.3. The highest BCUT2D eigenvalue weighted by molar-refractivity contribution is 6.88. The van der Waals surface area contributed by atoms with Crippen molar-refractivity contribution in [3.8, 4) is 12.0 Å². The standard InChI is InChI=1S/C26H15BF14N3/c1-4-44(5-2,6-3)24-10(9(7-42)11-16(28)18(30)12(25(36,37)38)19(31)17(11)29)14(24)27(8-43)15-22(34)20(32)13(26(39,40)41)21(33)23(15)35/h4-6H2,1-3H3/q+1/b10-9+. The molecule has 2 aromatic rings. The average Bonchev–Trinajstić information content (AvgIpc) is 3.66. The Balaban J connectivity index is 2.52. The topological polar surface area (TPSA) is 47.6 Å². The van der Waals surface area contributed by atoms with Crippen molar-refractivity contribution in [2.24, 2.45) is 0 Å². The number of benzene rings is 2. The summed E-state index contributed by atoms with van der Waals surface area (Å²) in [4.78, 5) is 0. The van der Waals surface area contributed by atoms with E-state index in [0.717, 1.165) is 6.07 Å². The van der Waals surface area contributed by atoms with Gasteiger partial charge in [0, 0.05) is 16.9 Å². The molecule has 0 unspecified atom stereocenters. The number of hydrogen-bond donors (Lipinski definition) is 0. The van der Waals surface area contributed by atoms with Gasteiger partial charge < -0.3 is 0 Å². The smallest absolute Gasteiger partial charge is 0.292 e. The lowest BCUT2D eigenvalue weighted by atomic mass is 9.43. The van der Waals surface area contributed by atoms with E-state index in [4.69, 9.17) is 0 Å². The molecule has 0 N–H and O–H groups in total. The monoisotopic (exact) mass is 646 g/mol. The van der Waals surface area contributed by atoms with Crippen LogP contribution in [-0.2, 0) is 12.4 Å². The second-order valence-electron chi connectivity index (χ2n) is 9.33. The van der Waals surface area contributed by atoms with Crippen molar-refractivity contribution in [1.29, 1.82) is 10.5 Å². The largest absolute Gasteiger partial charge is 0.422 e. The molecule has 0 amide bonds. The van der Waals surface area contributed by atoms with Crippen molar-refractivity contribution in [3.63, 3.8) is 0 Å². The normalized spacial score (nSPS) is 14.9. The van der Waals surface area contributed by atoms with Crippen LogP contribution in [0.1, 0.15) is 37.5 Å². The van der Waals surface area contributed by atoms with Gasteiger partial charge in [0.05, 0.1) is 36.3 Å². The van der Waals surface area contributed by atoms with Crippen LogP contribution in [0, 0.1) is 69.1 Å². The number of alkyl halides is 6. The molecule has 0 fully saturated rings. The van der Waals surface area contributed by atoms with E-state index in [1.807, 2.05) is 0 Å². The summed E-state index contributed by atoms with van der Waals surface area (Å²) in [5, 5.41) is 19.6. The number of quaternary nitrogens is 1. The lowest BCUT2D eigenvalue weighted by Gasteiger charge is -2.33. The highest BCUT2D eigenvalue weighted by Crippen LogP contribution is 2.52. The zero-order valence-electron chi connectivity index (χ0n) is 22.3. The summed E-state index contributed by atoms with van der Waals surface area (Å²) in [6.07, 6.45) is -11.9. The lowest BCUT2D eigenvalue weighted by Crippen LogP contribution is -2.44. The van der Waals surface area contributed by atoms with E-state index in [1.54, 1.807) is 0 Å². The molecule has 0 saturated carbocycles. The van der Waals surface area contributed by atoms with Crippen LogP contribution < -0.4 is 5.46 Å². The SMILES string of the molecule is CC[N+](CC)(CC)C1=C(B(C#N)c2c(F)c(F)c(C(F)(F)F)c(F)c2F)C/1=C(/C#N)c1c(F)c(F)c(C(F)(F)F)c(F)c1F. The van der Waals surface area contributed by atoms with Crippen molar-refractivity contribution < 1.29 is 65.9 Å². The fourth-order valence-electron chi connectivity index (χ4n) is 5.12. The molecule has 2 aromatic carbocycles. The molecule has 234 valence electrons. The predicted molar refractivity (Wildman–Crippen MR) is 125 cm³/mol. The summed E-state index contributed by atoms with van der Waals surface area (Å²) in [5.74, 6) is -21.4. The maximum atomic E-state index is 15.0. The van der Waals surface area contributed by atoms with Gasteiger partial charge in [-0.1, -0.05) is 0 Å². The minimum absolute atomic E-state index is 0.0480. The van der Waals surface area contributed by atoms with Gasteiger partial charge in [-0.25, -0.2) is 40.4 Å². The fraction of sp³-hybridized carbons (Fsp3) is 0.308. The number of nitrogens with zero attached hydrogens (tertiary/aromatic N) is 3. The highest BCUT2D eigenvalue weighted by atomic mass is 19.4. The Morgan fingerprint density at radius 3 is 1.30 bits per heavy atom. The van der Waals surface area contributed by atoms with Gasteiger partial charge in [0.15, 0.2) is 46.5 Å². The van der Waals surface area contributed by atoms with Crippen molar-refractivity contribution >= 4 is 17.7 Å². The molecule has 0 aromatic heterocycles. The molecule has 0 bridgehead atoms. The molecule has 0 spiro atoms. The number of rotatable bonds is 7. The second-order valence-corrected chi connectivity index (χ2v) is 9.33. The molecule has 1 aliphatic rings. The molecular formula is C26H15BF14N3+. The quantitative estimate of drug-likeness (QED) is 0.105. The third kappa shape index (κ3) is 5.08. The van der Waals surface area contributed by atoms with E-state index < -0.39 is 109 Å². The van der Waals surface area contributed by atoms with Crippen molar-refractivity contribution in [1.82, 2.24) is 0 Å². The Labute approximate surface area is 239 Å². The summed E-state index contributed by atoms with van der Waals surface area (Å²) in [6, 6.07) is 1.13.